The smallest absolute Gasteiger partial charge is 0.314 e. The Hall–Kier alpha value is -1.46. The Bertz CT molecular complexity index is 904. The molecule has 1 N–H and O–H groups in total. The standard InChI is InChI=1S/C16H20N2O5S3/c19-25(20,23-15-5-2-1-3-6-15)14-12-17-8-10-18(11-9-17)26(21,22)16-7-4-13-24-16/h1-7,13H,8-12,14H2/p+1. The third-order valence-corrected chi connectivity index (χ3v) is 8.61. The normalized spacial score (nSPS) is 17.2. The van der Waals surface area contributed by atoms with Crippen molar-refractivity contribution in [2.45, 2.75) is 4.21 Å². The quantitative estimate of drug-likeness (QED) is 0.644. The van der Waals surface area contributed by atoms with Crippen molar-refractivity contribution in [1.82, 2.24) is 4.31 Å². The van der Waals surface area contributed by atoms with Crippen LogP contribution in [0.5, 0.6) is 5.75 Å². The van der Waals surface area contributed by atoms with Crippen LogP contribution in [0.1, 0.15) is 0 Å². The predicted molar refractivity (Wildman–Crippen MR) is 99.5 cm³/mol. The Kier molecular flexibility index (Phi) is 5.98. The minimum atomic E-state index is -3.66. The van der Waals surface area contributed by atoms with E-state index in [4.69, 9.17) is 4.18 Å². The van der Waals surface area contributed by atoms with E-state index < -0.39 is 20.1 Å². The lowest BCUT2D eigenvalue weighted by molar-refractivity contribution is -0.901. The molecule has 0 unspecified atom stereocenters. The number of sulfonamides is 1. The molecular formula is C16H21N2O5S3+. The van der Waals surface area contributed by atoms with E-state index in [2.05, 4.69) is 0 Å². The third-order valence-electron chi connectivity index (χ3n) is 4.19. The van der Waals surface area contributed by atoms with E-state index in [1.807, 2.05) is 0 Å². The number of nitrogens with zero attached hydrogens (tertiary/aromatic N) is 1. The first-order chi connectivity index (χ1) is 12.4. The Balaban J connectivity index is 1.50. The fourth-order valence-electron chi connectivity index (χ4n) is 2.76. The van der Waals surface area contributed by atoms with Crippen LogP contribution in [0.3, 0.4) is 0 Å². The highest BCUT2D eigenvalue weighted by atomic mass is 32.2. The number of piperazine rings is 1. The van der Waals surface area contributed by atoms with Gasteiger partial charge in [-0.05, 0) is 23.6 Å². The predicted octanol–water partition coefficient (Wildman–Crippen LogP) is 0.0461. The first-order valence-corrected chi connectivity index (χ1v) is 12.1. The van der Waals surface area contributed by atoms with Crippen LogP contribution in [-0.2, 0) is 20.1 Å². The first-order valence-electron chi connectivity index (χ1n) is 8.21. The maximum Gasteiger partial charge on any atom is 0.314 e. The van der Waals surface area contributed by atoms with Gasteiger partial charge < -0.3 is 9.08 Å². The molecule has 2 heterocycles. The van der Waals surface area contributed by atoms with Crippen LogP contribution in [-0.4, -0.2) is 59.6 Å². The highest BCUT2D eigenvalue weighted by molar-refractivity contribution is 7.91. The number of rotatable bonds is 7. The maximum absolute atomic E-state index is 12.5. The Morgan fingerprint density at radius 1 is 1.00 bits per heavy atom. The topological polar surface area (TPSA) is 85.2 Å². The van der Waals surface area contributed by atoms with Crippen LogP contribution in [0.4, 0.5) is 0 Å². The van der Waals surface area contributed by atoms with E-state index in [0.29, 0.717) is 42.7 Å². The Morgan fingerprint density at radius 3 is 2.31 bits per heavy atom. The number of hydrogen-bond acceptors (Lipinski definition) is 6. The van der Waals surface area contributed by atoms with Gasteiger partial charge >= 0.3 is 10.1 Å². The summed E-state index contributed by atoms with van der Waals surface area (Å²) in [6.07, 6.45) is 0. The second kappa shape index (κ2) is 8.05. The summed E-state index contributed by atoms with van der Waals surface area (Å²) in [6, 6.07) is 11.7. The van der Waals surface area contributed by atoms with Gasteiger partial charge in [0.25, 0.3) is 10.0 Å². The van der Waals surface area contributed by atoms with Crippen LogP contribution in [0.2, 0.25) is 0 Å². The molecule has 0 spiro atoms. The lowest BCUT2D eigenvalue weighted by Gasteiger charge is -2.31. The zero-order valence-corrected chi connectivity index (χ0v) is 16.5. The lowest BCUT2D eigenvalue weighted by atomic mass is 10.3. The van der Waals surface area contributed by atoms with Crippen molar-refractivity contribution < 1.29 is 25.9 Å². The summed E-state index contributed by atoms with van der Waals surface area (Å²) >= 11 is 1.21. The minimum Gasteiger partial charge on any atom is -0.382 e. The summed E-state index contributed by atoms with van der Waals surface area (Å²) in [5.41, 5.74) is 0. The van der Waals surface area contributed by atoms with Gasteiger partial charge in [0.15, 0.2) is 0 Å². The molecule has 0 radical (unpaired) electrons. The van der Waals surface area contributed by atoms with E-state index in [9.17, 15) is 16.8 Å². The average Bonchev–Trinajstić information content (AvgIpc) is 3.16. The van der Waals surface area contributed by atoms with Crippen molar-refractivity contribution in [3.8, 4) is 5.75 Å². The number of benzene rings is 1. The van der Waals surface area contributed by atoms with Gasteiger partial charge in [-0.25, -0.2) is 8.42 Å². The number of nitrogens with one attached hydrogen (secondary N) is 1. The molecule has 26 heavy (non-hydrogen) atoms. The van der Waals surface area contributed by atoms with E-state index >= 15 is 0 Å². The number of thiophene rings is 1. The Labute approximate surface area is 158 Å². The van der Waals surface area contributed by atoms with Crippen LogP contribution in [0.25, 0.3) is 0 Å². The molecule has 1 aromatic carbocycles. The van der Waals surface area contributed by atoms with Gasteiger partial charge in [-0.2, -0.15) is 12.7 Å². The van der Waals surface area contributed by atoms with Crippen LogP contribution in [0, 0.1) is 0 Å². The Morgan fingerprint density at radius 2 is 1.69 bits per heavy atom. The molecule has 0 atom stereocenters. The van der Waals surface area contributed by atoms with E-state index in [-0.39, 0.29) is 5.75 Å². The highest BCUT2D eigenvalue weighted by Gasteiger charge is 2.31. The lowest BCUT2D eigenvalue weighted by Crippen LogP contribution is -3.15. The molecule has 10 heteroatoms. The van der Waals surface area contributed by atoms with Crippen molar-refractivity contribution in [3.63, 3.8) is 0 Å². The molecule has 0 aliphatic carbocycles. The first kappa shape index (κ1) is 19.3. The van der Waals surface area contributed by atoms with Crippen LogP contribution >= 0.6 is 11.3 Å². The summed E-state index contributed by atoms with van der Waals surface area (Å²) in [4.78, 5) is 1.06. The molecule has 1 aliphatic rings. The van der Waals surface area contributed by atoms with Crippen molar-refractivity contribution in [1.29, 1.82) is 0 Å². The molecule has 1 saturated heterocycles. The van der Waals surface area contributed by atoms with Crippen molar-refractivity contribution in [2.24, 2.45) is 0 Å². The molecule has 142 valence electrons. The second-order valence-electron chi connectivity index (χ2n) is 5.99. The summed E-state index contributed by atoms with van der Waals surface area (Å²) in [6.45, 7) is 2.31. The highest BCUT2D eigenvalue weighted by Crippen LogP contribution is 2.20. The van der Waals surface area contributed by atoms with Crippen molar-refractivity contribution >= 4 is 31.5 Å². The van der Waals surface area contributed by atoms with Crippen molar-refractivity contribution in [2.75, 3.05) is 38.5 Å². The maximum atomic E-state index is 12.5. The van der Waals surface area contributed by atoms with Gasteiger partial charge in [-0.15, -0.1) is 11.3 Å². The number of hydrogen-bond donors (Lipinski definition) is 1. The summed E-state index contributed by atoms with van der Waals surface area (Å²) in [7, 11) is -7.09. The van der Waals surface area contributed by atoms with E-state index in [1.54, 1.807) is 47.8 Å². The van der Waals surface area contributed by atoms with Gasteiger partial charge in [-0.1, -0.05) is 24.3 Å². The fourth-order valence-corrected chi connectivity index (χ4v) is 6.38. The molecule has 2 aromatic rings. The third kappa shape index (κ3) is 4.83. The van der Waals surface area contributed by atoms with Gasteiger partial charge in [-0.3, -0.25) is 0 Å². The van der Waals surface area contributed by atoms with Gasteiger partial charge in [0.05, 0.1) is 32.7 Å². The molecule has 3 rings (SSSR count). The summed E-state index contributed by atoms with van der Waals surface area (Å²) < 4.78 is 56.0. The van der Waals surface area contributed by atoms with E-state index in [0.717, 1.165) is 4.90 Å². The molecule has 1 aliphatic heterocycles. The van der Waals surface area contributed by atoms with Gasteiger partial charge in [0.2, 0.25) is 0 Å². The van der Waals surface area contributed by atoms with E-state index in [1.165, 1.54) is 15.6 Å². The number of quaternary nitrogens is 1. The molecule has 0 saturated carbocycles. The minimum absolute atomic E-state index is 0.102. The fraction of sp³-hybridized carbons (Fsp3) is 0.375. The number of para-hydroxylation sites is 1. The molecule has 7 nitrogen and oxygen atoms in total. The zero-order chi connectivity index (χ0) is 18.6. The molecule has 1 aromatic heterocycles. The zero-order valence-electron chi connectivity index (χ0n) is 14.1. The molecule has 0 amide bonds. The summed E-state index contributed by atoms with van der Waals surface area (Å²) in [5.74, 6) is 0.198. The second-order valence-corrected chi connectivity index (χ2v) is 10.8. The van der Waals surface area contributed by atoms with Gasteiger partial charge in [0.1, 0.15) is 15.7 Å². The largest absolute Gasteiger partial charge is 0.382 e. The molecule has 0 bridgehead atoms. The van der Waals surface area contributed by atoms with Crippen LogP contribution < -0.4 is 9.08 Å². The molecular weight excluding hydrogens is 396 g/mol. The molecule has 1 fully saturated rings. The van der Waals surface area contributed by atoms with Gasteiger partial charge in [0, 0.05) is 0 Å². The SMILES string of the molecule is O=S(=O)(CC[NH+]1CCN(S(=O)(=O)c2cccs2)CC1)Oc1ccccc1. The average molecular weight is 418 g/mol. The summed E-state index contributed by atoms with van der Waals surface area (Å²) in [5, 5.41) is 1.74. The van der Waals surface area contributed by atoms with Crippen LogP contribution in [0.15, 0.2) is 52.1 Å². The monoisotopic (exact) mass is 417 g/mol. The van der Waals surface area contributed by atoms with Crippen molar-refractivity contribution in [3.05, 3.63) is 47.8 Å².